The molecule has 0 spiro atoms. The highest BCUT2D eigenvalue weighted by atomic mass is 16.6. The van der Waals surface area contributed by atoms with Gasteiger partial charge in [0.15, 0.2) is 23.4 Å². The van der Waals surface area contributed by atoms with E-state index in [9.17, 15) is 14.9 Å². The lowest BCUT2D eigenvalue weighted by Gasteiger charge is -2.16. The van der Waals surface area contributed by atoms with E-state index in [4.69, 9.17) is 18.9 Å². The number of nitro groups is 1. The lowest BCUT2D eigenvalue weighted by molar-refractivity contribution is -0.386. The van der Waals surface area contributed by atoms with Gasteiger partial charge in [-0.1, -0.05) is 0 Å². The molecular formula is C18H20N2O7. The number of carbonyl (C=O) groups excluding carboxylic acids is 1. The maximum absolute atomic E-state index is 12.4. The van der Waals surface area contributed by atoms with Crippen molar-refractivity contribution in [2.45, 2.75) is 13.0 Å². The van der Waals surface area contributed by atoms with Crippen molar-refractivity contribution in [2.75, 3.05) is 26.6 Å². The minimum absolute atomic E-state index is 0.0317. The summed E-state index contributed by atoms with van der Waals surface area (Å²) in [6.07, 6.45) is -0.981. The minimum atomic E-state index is -0.981. The van der Waals surface area contributed by atoms with Crippen LogP contribution in [0.15, 0.2) is 36.4 Å². The number of methoxy groups -OCH3 is 3. The smallest absolute Gasteiger partial charge is 0.314 e. The number of nitrogens with zero attached hydrogens (tertiary/aromatic N) is 1. The van der Waals surface area contributed by atoms with Crippen molar-refractivity contribution >= 4 is 17.3 Å². The number of benzene rings is 2. The van der Waals surface area contributed by atoms with Crippen molar-refractivity contribution in [1.29, 1.82) is 0 Å². The fourth-order valence-corrected chi connectivity index (χ4v) is 2.27. The number of amides is 1. The van der Waals surface area contributed by atoms with Gasteiger partial charge in [0.05, 0.1) is 32.3 Å². The van der Waals surface area contributed by atoms with Gasteiger partial charge in [0.1, 0.15) is 5.75 Å². The number of nitrogens with one attached hydrogen (secondary N) is 1. The molecule has 0 aliphatic rings. The van der Waals surface area contributed by atoms with Crippen LogP contribution in [-0.4, -0.2) is 38.3 Å². The predicted molar refractivity (Wildman–Crippen MR) is 97.9 cm³/mol. The summed E-state index contributed by atoms with van der Waals surface area (Å²) in [7, 11) is 4.39. The van der Waals surface area contributed by atoms with Gasteiger partial charge in [0.25, 0.3) is 5.91 Å². The average Bonchev–Trinajstić information content (AvgIpc) is 2.67. The Labute approximate surface area is 155 Å². The summed E-state index contributed by atoms with van der Waals surface area (Å²) in [5, 5.41) is 13.9. The number of hydrogen-bond acceptors (Lipinski definition) is 7. The van der Waals surface area contributed by atoms with E-state index in [-0.39, 0.29) is 11.4 Å². The molecule has 0 radical (unpaired) electrons. The first-order chi connectivity index (χ1) is 12.9. The summed E-state index contributed by atoms with van der Waals surface area (Å²) in [6, 6.07) is 9.02. The second-order valence-corrected chi connectivity index (χ2v) is 5.41. The first-order valence-electron chi connectivity index (χ1n) is 7.91. The van der Waals surface area contributed by atoms with Crippen LogP contribution < -0.4 is 24.3 Å². The third kappa shape index (κ3) is 4.78. The zero-order chi connectivity index (χ0) is 20.0. The molecule has 0 saturated heterocycles. The second kappa shape index (κ2) is 8.75. The molecule has 2 rings (SSSR count). The molecule has 0 aliphatic carbocycles. The highest BCUT2D eigenvalue weighted by Crippen LogP contribution is 2.32. The molecule has 2 aromatic carbocycles. The number of anilines is 1. The molecule has 0 aromatic heterocycles. The maximum Gasteiger partial charge on any atom is 0.314 e. The van der Waals surface area contributed by atoms with Crippen LogP contribution in [0.4, 0.5) is 11.4 Å². The van der Waals surface area contributed by atoms with Crippen LogP contribution in [0.3, 0.4) is 0 Å². The van der Waals surface area contributed by atoms with Gasteiger partial charge in [-0.15, -0.1) is 0 Å². The topological polar surface area (TPSA) is 109 Å². The summed E-state index contributed by atoms with van der Waals surface area (Å²) in [6.45, 7) is 1.49. The summed E-state index contributed by atoms with van der Waals surface area (Å²) >= 11 is 0. The van der Waals surface area contributed by atoms with Crippen molar-refractivity contribution in [3.63, 3.8) is 0 Å². The molecule has 0 bridgehead atoms. The van der Waals surface area contributed by atoms with Crippen LogP contribution in [0.5, 0.6) is 23.0 Å². The zero-order valence-electron chi connectivity index (χ0n) is 15.3. The molecule has 27 heavy (non-hydrogen) atoms. The molecule has 0 aliphatic heterocycles. The van der Waals surface area contributed by atoms with Crippen LogP contribution >= 0.6 is 0 Å². The van der Waals surface area contributed by atoms with E-state index >= 15 is 0 Å². The number of hydrogen-bond donors (Lipinski definition) is 1. The Kier molecular flexibility index (Phi) is 6.42. The molecule has 0 unspecified atom stereocenters. The number of ether oxygens (including phenoxy) is 4. The number of rotatable bonds is 8. The molecule has 0 fully saturated rings. The van der Waals surface area contributed by atoms with Gasteiger partial charge in [-0.2, -0.15) is 0 Å². The molecule has 9 heteroatoms. The molecule has 0 saturated carbocycles. The standard InChI is InChI=1S/C18H20N2O7/c1-11(27-15-8-6-13(24-2)10-14(15)20(22)23)18(21)19-12-5-7-16(25-3)17(9-12)26-4/h5-11H,1-4H3,(H,19,21)/t11-/m1/s1. The van der Waals surface area contributed by atoms with Gasteiger partial charge < -0.3 is 24.3 Å². The summed E-state index contributed by atoms with van der Waals surface area (Å²) in [5.74, 6) is 0.780. The van der Waals surface area contributed by atoms with Gasteiger partial charge in [-0.25, -0.2) is 0 Å². The summed E-state index contributed by atoms with van der Waals surface area (Å²) in [5.41, 5.74) is 0.178. The number of carbonyl (C=O) groups is 1. The monoisotopic (exact) mass is 376 g/mol. The van der Waals surface area contributed by atoms with Crippen molar-refractivity contribution in [2.24, 2.45) is 0 Å². The lowest BCUT2D eigenvalue weighted by Crippen LogP contribution is -2.30. The van der Waals surface area contributed by atoms with E-state index in [0.29, 0.717) is 22.9 Å². The van der Waals surface area contributed by atoms with Gasteiger partial charge in [0, 0.05) is 11.8 Å². The first kappa shape index (κ1) is 19.8. The Bertz CT molecular complexity index is 838. The van der Waals surface area contributed by atoms with E-state index in [1.807, 2.05) is 0 Å². The Morgan fingerprint density at radius 3 is 2.26 bits per heavy atom. The fourth-order valence-electron chi connectivity index (χ4n) is 2.27. The van der Waals surface area contributed by atoms with Crippen molar-refractivity contribution in [3.05, 3.63) is 46.5 Å². The first-order valence-corrected chi connectivity index (χ1v) is 7.91. The van der Waals surface area contributed by atoms with E-state index in [1.54, 1.807) is 18.2 Å². The Morgan fingerprint density at radius 2 is 1.67 bits per heavy atom. The van der Waals surface area contributed by atoms with Crippen LogP contribution in [-0.2, 0) is 4.79 Å². The quantitative estimate of drug-likeness (QED) is 0.557. The third-order valence-corrected chi connectivity index (χ3v) is 3.69. The van der Waals surface area contributed by atoms with E-state index in [2.05, 4.69) is 5.32 Å². The van der Waals surface area contributed by atoms with Gasteiger partial charge in [-0.3, -0.25) is 14.9 Å². The van der Waals surface area contributed by atoms with Gasteiger partial charge in [-0.05, 0) is 31.2 Å². The molecule has 144 valence electrons. The van der Waals surface area contributed by atoms with Crippen molar-refractivity contribution in [3.8, 4) is 23.0 Å². The van der Waals surface area contributed by atoms with Crippen molar-refractivity contribution in [1.82, 2.24) is 0 Å². The highest BCUT2D eigenvalue weighted by Gasteiger charge is 2.22. The normalized spacial score (nSPS) is 11.3. The maximum atomic E-state index is 12.4. The minimum Gasteiger partial charge on any atom is -0.496 e. The molecule has 1 N–H and O–H groups in total. The SMILES string of the molecule is COc1ccc(O[C@H](C)C(=O)Nc2ccc(OC)c(OC)c2)c([N+](=O)[O-])c1. The molecular weight excluding hydrogens is 356 g/mol. The molecule has 9 nitrogen and oxygen atoms in total. The Balaban J connectivity index is 2.13. The fraction of sp³-hybridized carbons (Fsp3) is 0.278. The third-order valence-electron chi connectivity index (χ3n) is 3.69. The van der Waals surface area contributed by atoms with Crippen LogP contribution in [0.25, 0.3) is 0 Å². The Morgan fingerprint density at radius 1 is 1.00 bits per heavy atom. The van der Waals surface area contributed by atoms with Crippen LogP contribution in [0, 0.1) is 10.1 Å². The van der Waals surface area contributed by atoms with Gasteiger partial charge >= 0.3 is 5.69 Å². The molecule has 1 amide bonds. The van der Waals surface area contributed by atoms with E-state index in [1.165, 1.54) is 46.5 Å². The largest absolute Gasteiger partial charge is 0.496 e. The van der Waals surface area contributed by atoms with Crippen LogP contribution in [0.1, 0.15) is 6.92 Å². The van der Waals surface area contributed by atoms with Crippen molar-refractivity contribution < 1.29 is 28.7 Å². The second-order valence-electron chi connectivity index (χ2n) is 5.41. The summed E-state index contributed by atoms with van der Waals surface area (Å²) < 4.78 is 20.8. The average molecular weight is 376 g/mol. The molecule has 2 aromatic rings. The number of nitro benzene ring substituents is 1. The van der Waals surface area contributed by atoms with Crippen LogP contribution in [0.2, 0.25) is 0 Å². The lowest BCUT2D eigenvalue weighted by atomic mass is 10.2. The zero-order valence-corrected chi connectivity index (χ0v) is 15.3. The highest BCUT2D eigenvalue weighted by molar-refractivity contribution is 5.94. The summed E-state index contributed by atoms with van der Waals surface area (Å²) in [4.78, 5) is 23.0. The van der Waals surface area contributed by atoms with E-state index in [0.717, 1.165) is 0 Å². The molecule has 1 atom stereocenters. The van der Waals surface area contributed by atoms with Gasteiger partial charge in [0.2, 0.25) is 0 Å². The van der Waals surface area contributed by atoms with E-state index < -0.39 is 16.9 Å². The predicted octanol–water partition coefficient (Wildman–Crippen LogP) is 3.03. The Hall–Kier alpha value is -3.49. The molecule has 0 heterocycles.